The second-order valence-electron chi connectivity index (χ2n) is 6.00. The zero-order valence-corrected chi connectivity index (χ0v) is 12.6. The molecule has 5 heteroatoms. The molecule has 5 nitrogen and oxygen atoms in total. The monoisotopic (exact) mass is 271 g/mol. The normalized spacial score (nSPS) is 29.2. The summed E-state index contributed by atoms with van der Waals surface area (Å²) in [5.74, 6) is 0. The number of nitrogens with zero attached hydrogens (tertiary/aromatic N) is 2. The van der Waals surface area contributed by atoms with Gasteiger partial charge in [-0.25, -0.2) is 0 Å². The van der Waals surface area contributed by atoms with E-state index in [1.165, 1.54) is 32.4 Å². The lowest BCUT2D eigenvalue weighted by Crippen LogP contribution is -2.61. The van der Waals surface area contributed by atoms with Gasteiger partial charge in [0.05, 0.1) is 5.54 Å². The Balaban J connectivity index is 2.12. The number of ether oxygens (including phenoxy) is 2. The first-order chi connectivity index (χ1) is 9.15. The van der Waals surface area contributed by atoms with E-state index in [-0.39, 0.29) is 11.8 Å². The van der Waals surface area contributed by atoms with E-state index in [1.54, 1.807) is 14.2 Å². The fourth-order valence-electron chi connectivity index (χ4n) is 3.65. The molecule has 2 fully saturated rings. The zero-order valence-electron chi connectivity index (χ0n) is 12.6. The predicted octanol–water partition coefficient (Wildman–Crippen LogP) is 0.493. The van der Waals surface area contributed by atoms with E-state index in [0.29, 0.717) is 12.6 Å². The summed E-state index contributed by atoms with van der Waals surface area (Å²) in [6, 6.07) is 0.683. The smallest absolute Gasteiger partial charge is 0.176 e. The minimum absolute atomic E-state index is 0.248. The quantitative estimate of drug-likeness (QED) is 0.738. The Kier molecular flexibility index (Phi) is 5.20. The minimum atomic E-state index is -0.273. The Morgan fingerprint density at radius 1 is 1.21 bits per heavy atom. The van der Waals surface area contributed by atoms with E-state index in [9.17, 15) is 0 Å². The van der Waals surface area contributed by atoms with Crippen LogP contribution in [0.15, 0.2) is 0 Å². The molecule has 0 saturated carbocycles. The van der Waals surface area contributed by atoms with Crippen LogP contribution in [0, 0.1) is 0 Å². The molecule has 0 amide bonds. The van der Waals surface area contributed by atoms with Gasteiger partial charge in [0.25, 0.3) is 0 Å². The Morgan fingerprint density at radius 3 is 2.53 bits per heavy atom. The second kappa shape index (κ2) is 6.50. The summed E-state index contributed by atoms with van der Waals surface area (Å²) in [5, 5.41) is 0. The lowest BCUT2D eigenvalue weighted by Gasteiger charge is -2.44. The first-order valence-corrected chi connectivity index (χ1v) is 7.40. The number of nitrogens with two attached hydrogens (primary N) is 1. The average molecular weight is 271 g/mol. The van der Waals surface area contributed by atoms with Crippen molar-refractivity contribution in [3.05, 3.63) is 0 Å². The Hall–Kier alpha value is -0.200. The van der Waals surface area contributed by atoms with Crippen LogP contribution in [0.25, 0.3) is 0 Å². The van der Waals surface area contributed by atoms with Crippen LogP contribution in [0.5, 0.6) is 0 Å². The Bertz CT molecular complexity index is 286. The molecule has 2 saturated heterocycles. The number of hydrogen-bond acceptors (Lipinski definition) is 5. The van der Waals surface area contributed by atoms with Crippen LogP contribution in [0.3, 0.4) is 0 Å². The van der Waals surface area contributed by atoms with Crippen LogP contribution in [0.4, 0.5) is 0 Å². The molecule has 0 aromatic carbocycles. The highest BCUT2D eigenvalue weighted by Crippen LogP contribution is 2.28. The van der Waals surface area contributed by atoms with Gasteiger partial charge in [-0.2, -0.15) is 0 Å². The standard InChI is InChI=1S/C14H29N3O2/c1-14(11-15,13(18-2)19-3)17-9-5-8-16-7-4-6-12(16)10-17/h12-13H,4-11,15H2,1-3H3. The van der Waals surface area contributed by atoms with Crippen molar-refractivity contribution in [3.63, 3.8) is 0 Å². The highest BCUT2D eigenvalue weighted by Gasteiger charge is 2.42. The van der Waals surface area contributed by atoms with E-state index >= 15 is 0 Å². The first kappa shape index (κ1) is 15.2. The summed E-state index contributed by atoms with van der Waals surface area (Å²) in [7, 11) is 3.39. The second-order valence-corrected chi connectivity index (χ2v) is 6.00. The average Bonchev–Trinajstić information content (AvgIpc) is 2.76. The van der Waals surface area contributed by atoms with Gasteiger partial charge in [-0.1, -0.05) is 0 Å². The number of rotatable bonds is 5. The van der Waals surface area contributed by atoms with Crippen molar-refractivity contribution in [2.45, 2.75) is 44.1 Å². The summed E-state index contributed by atoms with van der Waals surface area (Å²) in [6.45, 7) is 7.34. The van der Waals surface area contributed by atoms with Crippen molar-refractivity contribution in [2.24, 2.45) is 5.73 Å². The first-order valence-electron chi connectivity index (χ1n) is 7.40. The van der Waals surface area contributed by atoms with Gasteiger partial charge < -0.3 is 15.2 Å². The summed E-state index contributed by atoms with van der Waals surface area (Å²) in [5.41, 5.74) is 5.81. The summed E-state index contributed by atoms with van der Waals surface area (Å²) < 4.78 is 11.0. The molecule has 2 aliphatic rings. The van der Waals surface area contributed by atoms with E-state index in [2.05, 4.69) is 16.7 Å². The highest BCUT2D eigenvalue weighted by atomic mass is 16.7. The van der Waals surface area contributed by atoms with Gasteiger partial charge in [-0.05, 0) is 39.3 Å². The number of methoxy groups -OCH3 is 2. The van der Waals surface area contributed by atoms with Crippen molar-refractivity contribution < 1.29 is 9.47 Å². The summed E-state index contributed by atoms with van der Waals surface area (Å²) >= 11 is 0. The fraction of sp³-hybridized carbons (Fsp3) is 1.00. The Morgan fingerprint density at radius 2 is 1.89 bits per heavy atom. The number of hydrogen-bond donors (Lipinski definition) is 1. The maximum absolute atomic E-state index is 6.06. The predicted molar refractivity (Wildman–Crippen MR) is 76.1 cm³/mol. The van der Waals surface area contributed by atoms with Crippen molar-refractivity contribution in [2.75, 3.05) is 46.9 Å². The molecular formula is C14H29N3O2. The summed E-state index contributed by atoms with van der Waals surface area (Å²) in [4.78, 5) is 5.12. The molecule has 0 spiro atoms. The van der Waals surface area contributed by atoms with E-state index < -0.39 is 0 Å². The molecule has 2 aliphatic heterocycles. The van der Waals surface area contributed by atoms with Crippen molar-refractivity contribution in [1.82, 2.24) is 9.80 Å². The van der Waals surface area contributed by atoms with Crippen LogP contribution in [0.1, 0.15) is 26.2 Å². The van der Waals surface area contributed by atoms with Crippen molar-refractivity contribution in [1.29, 1.82) is 0 Å². The molecular weight excluding hydrogens is 242 g/mol. The van der Waals surface area contributed by atoms with Gasteiger partial charge in [0.1, 0.15) is 0 Å². The molecule has 0 radical (unpaired) electrons. The lowest BCUT2D eigenvalue weighted by molar-refractivity contribution is -0.181. The largest absolute Gasteiger partial charge is 0.354 e. The molecule has 2 unspecified atom stereocenters. The van der Waals surface area contributed by atoms with Crippen molar-refractivity contribution >= 4 is 0 Å². The van der Waals surface area contributed by atoms with Gasteiger partial charge >= 0.3 is 0 Å². The molecule has 112 valence electrons. The van der Waals surface area contributed by atoms with Gasteiger partial charge in [-0.3, -0.25) is 9.80 Å². The number of fused-ring (bicyclic) bond motifs is 1. The van der Waals surface area contributed by atoms with Gasteiger partial charge in [0, 0.05) is 39.9 Å². The van der Waals surface area contributed by atoms with Gasteiger partial charge in [0.2, 0.25) is 0 Å². The molecule has 0 aromatic heterocycles. The topological polar surface area (TPSA) is 51.0 Å². The van der Waals surface area contributed by atoms with Gasteiger partial charge in [0.15, 0.2) is 6.29 Å². The van der Waals surface area contributed by atoms with Crippen LogP contribution in [0.2, 0.25) is 0 Å². The van der Waals surface area contributed by atoms with Crippen LogP contribution in [-0.4, -0.2) is 74.6 Å². The summed E-state index contributed by atoms with van der Waals surface area (Å²) in [6.07, 6.45) is 3.56. The lowest BCUT2D eigenvalue weighted by atomic mass is 9.97. The molecule has 2 atom stereocenters. The zero-order chi connectivity index (χ0) is 13.9. The third kappa shape index (κ3) is 2.95. The highest BCUT2D eigenvalue weighted by molar-refractivity contribution is 4.96. The van der Waals surface area contributed by atoms with E-state index in [0.717, 1.165) is 13.1 Å². The molecule has 2 N–H and O–H groups in total. The van der Waals surface area contributed by atoms with Crippen LogP contribution >= 0.6 is 0 Å². The third-order valence-electron chi connectivity index (χ3n) is 4.88. The molecule has 2 rings (SSSR count). The maximum Gasteiger partial charge on any atom is 0.176 e. The Labute approximate surface area is 117 Å². The SMILES string of the molecule is COC(OC)C(C)(CN)N1CCCN2CCCC2C1. The maximum atomic E-state index is 6.06. The van der Waals surface area contributed by atoms with E-state index in [4.69, 9.17) is 15.2 Å². The van der Waals surface area contributed by atoms with Crippen LogP contribution in [-0.2, 0) is 9.47 Å². The molecule has 0 aromatic rings. The minimum Gasteiger partial charge on any atom is -0.354 e. The third-order valence-corrected chi connectivity index (χ3v) is 4.88. The van der Waals surface area contributed by atoms with Gasteiger partial charge in [-0.15, -0.1) is 0 Å². The van der Waals surface area contributed by atoms with Crippen molar-refractivity contribution in [3.8, 4) is 0 Å². The molecule has 0 bridgehead atoms. The van der Waals surface area contributed by atoms with Crippen LogP contribution < -0.4 is 5.73 Å². The van der Waals surface area contributed by atoms with E-state index in [1.807, 2.05) is 0 Å². The molecule has 0 aliphatic carbocycles. The molecule has 2 heterocycles. The fourth-order valence-corrected chi connectivity index (χ4v) is 3.65. The molecule has 19 heavy (non-hydrogen) atoms.